The molecule has 0 N–H and O–H groups in total. The molecule has 20 heavy (non-hydrogen) atoms. The SMILES string of the molecule is CCCn1c(CBr)nnc1-c1ccc(C(F)(F)F)cc1. The Labute approximate surface area is 123 Å². The summed E-state index contributed by atoms with van der Waals surface area (Å²) in [7, 11) is 0. The third kappa shape index (κ3) is 3.03. The molecule has 1 aromatic heterocycles. The van der Waals surface area contributed by atoms with Crippen molar-refractivity contribution in [2.45, 2.75) is 31.4 Å². The normalized spacial score (nSPS) is 11.8. The summed E-state index contributed by atoms with van der Waals surface area (Å²) in [5.74, 6) is 1.36. The van der Waals surface area contributed by atoms with Crippen molar-refractivity contribution in [2.24, 2.45) is 0 Å². The Morgan fingerprint density at radius 2 is 1.80 bits per heavy atom. The monoisotopic (exact) mass is 347 g/mol. The molecule has 0 atom stereocenters. The summed E-state index contributed by atoms with van der Waals surface area (Å²) in [5.41, 5.74) is -0.0327. The van der Waals surface area contributed by atoms with Crippen LogP contribution in [0.4, 0.5) is 13.2 Å². The number of halogens is 4. The molecule has 1 heterocycles. The van der Waals surface area contributed by atoms with Gasteiger partial charge in [-0.2, -0.15) is 13.2 Å². The van der Waals surface area contributed by atoms with E-state index in [1.165, 1.54) is 12.1 Å². The van der Waals surface area contributed by atoms with Crippen LogP contribution < -0.4 is 0 Å². The molecule has 108 valence electrons. The van der Waals surface area contributed by atoms with E-state index in [0.717, 1.165) is 30.9 Å². The molecule has 0 unspecified atom stereocenters. The number of benzene rings is 1. The highest BCUT2D eigenvalue weighted by Gasteiger charge is 2.30. The minimum Gasteiger partial charge on any atom is -0.310 e. The van der Waals surface area contributed by atoms with Crippen molar-refractivity contribution >= 4 is 15.9 Å². The van der Waals surface area contributed by atoms with Gasteiger partial charge in [-0.05, 0) is 18.6 Å². The predicted octanol–water partition coefficient (Wildman–Crippen LogP) is 4.27. The third-order valence-corrected chi connectivity index (χ3v) is 3.37. The molecule has 2 rings (SSSR count). The smallest absolute Gasteiger partial charge is 0.310 e. The van der Waals surface area contributed by atoms with Gasteiger partial charge in [-0.25, -0.2) is 0 Å². The van der Waals surface area contributed by atoms with Gasteiger partial charge in [0.2, 0.25) is 0 Å². The van der Waals surface area contributed by atoms with Gasteiger partial charge in [-0.15, -0.1) is 10.2 Å². The summed E-state index contributed by atoms with van der Waals surface area (Å²) >= 11 is 3.33. The molecule has 0 spiro atoms. The summed E-state index contributed by atoms with van der Waals surface area (Å²) in [6, 6.07) is 4.98. The summed E-state index contributed by atoms with van der Waals surface area (Å²) in [6.45, 7) is 2.75. The summed E-state index contributed by atoms with van der Waals surface area (Å²) in [4.78, 5) is 0. The molecule has 0 saturated carbocycles. The van der Waals surface area contributed by atoms with E-state index < -0.39 is 11.7 Å². The highest BCUT2D eigenvalue weighted by molar-refractivity contribution is 9.08. The topological polar surface area (TPSA) is 30.7 Å². The summed E-state index contributed by atoms with van der Waals surface area (Å²) in [6.07, 6.45) is -3.43. The Balaban J connectivity index is 2.39. The van der Waals surface area contributed by atoms with Crippen LogP contribution in [-0.2, 0) is 18.1 Å². The molecule has 7 heteroatoms. The number of aromatic nitrogens is 3. The molecule has 3 nitrogen and oxygen atoms in total. The van der Waals surface area contributed by atoms with Crippen molar-refractivity contribution in [3.8, 4) is 11.4 Å². The van der Waals surface area contributed by atoms with E-state index in [0.29, 0.717) is 16.7 Å². The molecule has 0 fully saturated rings. The minimum atomic E-state index is -4.32. The maximum atomic E-state index is 12.5. The highest BCUT2D eigenvalue weighted by Crippen LogP contribution is 2.30. The fraction of sp³-hybridized carbons (Fsp3) is 0.385. The van der Waals surface area contributed by atoms with Gasteiger partial charge in [0.05, 0.1) is 10.9 Å². The standard InChI is InChI=1S/C13H13BrF3N3/c1-2-7-20-11(8-14)18-19-12(20)9-3-5-10(6-4-9)13(15,16)17/h3-6H,2,7-8H2,1H3. The van der Waals surface area contributed by atoms with Gasteiger partial charge in [-0.1, -0.05) is 35.0 Å². The molecule has 0 amide bonds. The molecular weight excluding hydrogens is 335 g/mol. The maximum absolute atomic E-state index is 12.5. The van der Waals surface area contributed by atoms with Crippen LogP contribution in [0, 0.1) is 0 Å². The van der Waals surface area contributed by atoms with Crippen LogP contribution in [-0.4, -0.2) is 14.8 Å². The Morgan fingerprint density at radius 1 is 1.15 bits per heavy atom. The van der Waals surface area contributed by atoms with Crippen LogP contribution in [0.2, 0.25) is 0 Å². The van der Waals surface area contributed by atoms with E-state index in [2.05, 4.69) is 26.1 Å². The average molecular weight is 348 g/mol. The van der Waals surface area contributed by atoms with Gasteiger partial charge < -0.3 is 4.57 Å². The van der Waals surface area contributed by atoms with E-state index in [9.17, 15) is 13.2 Å². The van der Waals surface area contributed by atoms with Gasteiger partial charge in [-0.3, -0.25) is 0 Å². The van der Waals surface area contributed by atoms with Crippen LogP contribution in [0.5, 0.6) is 0 Å². The quantitative estimate of drug-likeness (QED) is 0.773. The number of nitrogens with zero attached hydrogens (tertiary/aromatic N) is 3. The lowest BCUT2D eigenvalue weighted by Crippen LogP contribution is -2.06. The maximum Gasteiger partial charge on any atom is 0.416 e. The minimum absolute atomic E-state index is 0.556. The Bertz CT molecular complexity index is 576. The lowest BCUT2D eigenvalue weighted by atomic mass is 10.1. The zero-order valence-corrected chi connectivity index (χ0v) is 12.4. The van der Waals surface area contributed by atoms with Crippen molar-refractivity contribution in [3.63, 3.8) is 0 Å². The first kappa shape index (κ1) is 15.0. The lowest BCUT2D eigenvalue weighted by Gasteiger charge is -2.09. The fourth-order valence-electron chi connectivity index (χ4n) is 1.91. The van der Waals surface area contributed by atoms with E-state index in [1.54, 1.807) is 0 Å². The van der Waals surface area contributed by atoms with Crippen LogP contribution in [0.3, 0.4) is 0 Å². The zero-order chi connectivity index (χ0) is 14.8. The van der Waals surface area contributed by atoms with Crippen molar-refractivity contribution in [1.29, 1.82) is 0 Å². The van der Waals surface area contributed by atoms with Gasteiger partial charge in [0.25, 0.3) is 0 Å². The summed E-state index contributed by atoms with van der Waals surface area (Å²) < 4.78 is 39.5. The van der Waals surface area contributed by atoms with Crippen molar-refractivity contribution < 1.29 is 13.2 Å². The molecule has 0 aliphatic heterocycles. The van der Waals surface area contributed by atoms with Crippen molar-refractivity contribution in [3.05, 3.63) is 35.7 Å². The molecule has 0 aliphatic carbocycles. The Morgan fingerprint density at radius 3 is 2.30 bits per heavy atom. The zero-order valence-electron chi connectivity index (χ0n) is 10.8. The van der Waals surface area contributed by atoms with E-state index >= 15 is 0 Å². The first-order chi connectivity index (χ1) is 9.47. The van der Waals surface area contributed by atoms with E-state index in [4.69, 9.17) is 0 Å². The second kappa shape index (κ2) is 5.95. The second-order valence-corrected chi connectivity index (χ2v) is 4.86. The Kier molecular flexibility index (Phi) is 4.47. The molecule has 0 saturated heterocycles. The molecule has 0 bridgehead atoms. The Hall–Kier alpha value is -1.37. The molecule has 0 radical (unpaired) electrons. The number of hydrogen-bond acceptors (Lipinski definition) is 2. The van der Waals surface area contributed by atoms with Crippen LogP contribution >= 0.6 is 15.9 Å². The van der Waals surface area contributed by atoms with Crippen LogP contribution in [0.15, 0.2) is 24.3 Å². The van der Waals surface area contributed by atoms with Gasteiger partial charge >= 0.3 is 6.18 Å². The lowest BCUT2D eigenvalue weighted by molar-refractivity contribution is -0.137. The fourth-order valence-corrected chi connectivity index (χ4v) is 2.33. The van der Waals surface area contributed by atoms with Crippen molar-refractivity contribution in [2.75, 3.05) is 0 Å². The van der Waals surface area contributed by atoms with Crippen molar-refractivity contribution in [1.82, 2.24) is 14.8 Å². The molecule has 2 aromatic rings. The molecule has 0 aliphatic rings. The first-order valence-corrected chi connectivity index (χ1v) is 7.25. The summed E-state index contributed by atoms with van der Waals surface area (Å²) in [5, 5.41) is 8.67. The van der Waals surface area contributed by atoms with E-state index in [-0.39, 0.29) is 0 Å². The predicted molar refractivity (Wildman–Crippen MR) is 73.4 cm³/mol. The number of rotatable bonds is 4. The third-order valence-electron chi connectivity index (χ3n) is 2.86. The van der Waals surface area contributed by atoms with Gasteiger partial charge in [0.1, 0.15) is 5.82 Å². The number of alkyl halides is 4. The largest absolute Gasteiger partial charge is 0.416 e. The van der Waals surface area contributed by atoms with E-state index in [1.807, 2.05) is 11.5 Å². The van der Waals surface area contributed by atoms with Gasteiger partial charge in [0, 0.05) is 12.1 Å². The second-order valence-electron chi connectivity index (χ2n) is 4.30. The van der Waals surface area contributed by atoms with Crippen LogP contribution in [0.1, 0.15) is 24.7 Å². The first-order valence-electron chi connectivity index (χ1n) is 6.13. The van der Waals surface area contributed by atoms with Crippen LogP contribution in [0.25, 0.3) is 11.4 Å². The van der Waals surface area contributed by atoms with Gasteiger partial charge in [0.15, 0.2) is 5.82 Å². The molecular formula is C13H13BrF3N3. The average Bonchev–Trinajstić information content (AvgIpc) is 2.81. The molecule has 1 aromatic carbocycles. The number of hydrogen-bond donors (Lipinski definition) is 0. The highest BCUT2D eigenvalue weighted by atomic mass is 79.9.